The van der Waals surface area contributed by atoms with Crippen LogP contribution in [0.25, 0.3) is 0 Å². The third-order valence-electron chi connectivity index (χ3n) is 4.21. The monoisotopic (exact) mass is 391 g/mol. The van der Waals surface area contributed by atoms with Crippen molar-refractivity contribution in [3.63, 3.8) is 0 Å². The lowest BCUT2D eigenvalue weighted by Gasteiger charge is -2.13. The van der Waals surface area contributed by atoms with Crippen molar-refractivity contribution in [1.82, 2.24) is 0 Å². The second-order valence-electron chi connectivity index (χ2n) is 6.78. The molecule has 3 aromatic carbocycles. The van der Waals surface area contributed by atoms with E-state index in [4.69, 9.17) is 14.2 Å². The van der Waals surface area contributed by atoms with Crippen molar-refractivity contribution in [3.05, 3.63) is 83.9 Å². The minimum atomic E-state index is -0.199. The lowest BCUT2D eigenvalue weighted by Crippen LogP contribution is -2.13. The molecule has 0 unspecified atom stereocenters. The van der Waals surface area contributed by atoms with Gasteiger partial charge in [0.1, 0.15) is 17.2 Å². The summed E-state index contributed by atoms with van der Waals surface area (Å²) in [7, 11) is 1.60. The molecule has 0 saturated heterocycles. The first-order chi connectivity index (χ1) is 14.0. The lowest BCUT2D eigenvalue weighted by molar-refractivity contribution is 0.0644. The van der Waals surface area contributed by atoms with E-state index in [1.807, 2.05) is 68.4 Å². The number of carbonyl (C=O) groups is 1. The summed E-state index contributed by atoms with van der Waals surface area (Å²) >= 11 is 0. The minimum Gasteiger partial charge on any atom is -0.496 e. The van der Waals surface area contributed by atoms with Gasteiger partial charge in [0.25, 0.3) is 5.91 Å². The standard InChI is InChI=1S/C24H25NO4/c1-17(2)28-16-19-15-18(9-14-23(19)27-3)24(26)25-20-10-12-22(13-11-20)29-21-7-5-4-6-8-21/h4-15,17H,16H2,1-3H3,(H,25,26). The molecule has 1 N–H and O–H groups in total. The second-order valence-corrected chi connectivity index (χ2v) is 6.78. The van der Waals surface area contributed by atoms with E-state index in [0.29, 0.717) is 29.4 Å². The van der Waals surface area contributed by atoms with Crippen LogP contribution in [0.2, 0.25) is 0 Å². The molecule has 0 aliphatic rings. The number of ether oxygens (including phenoxy) is 3. The van der Waals surface area contributed by atoms with Crippen LogP contribution in [0.4, 0.5) is 5.69 Å². The van der Waals surface area contributed by atoms with Gasteiger partial charge in [-0.1, -0.05) is 18.2 Å². The first kappa shape index (κ1) is 20.4. The van der Waals surface area contributed by atoms with Crippen LogP contribution in [-0.4, -0.2) is 19.1 Å². The van der Waals surface area contributed by atoms with Crippen molar-refractivity contribution >= 4 is 11.6 Å². The highest BCUT2D eigenvalue weighted by Crippen LogP contribution is 2.24. The van der Waals surface area contributed by atoms with Crippen LogP contribution in [0.5, 0.6) is 17.2 Å². The fourth-order valence-corrected chi connectivity index (χ4v) is 2.72. The molecule has 1 amide bonds. The summed E-state index contributed by atoms with van der Waals surface area (Å²) in [5.74, 6) is 1.96. The van der Waals surface area contributed by atoms with E-state index in [-0.39, 0.29) is 12.0 Å². The number of rotatable bonds is 8. The molecular formula is C24H25NO4. The second kappa shape index (κ2) is 9.75. The van der Waals surface area contributed by atoms with Crippen molar-refractivity contribution in [1.29, 1.82) is 0 Å². The van der Waals surface area contributed by atoms with Gasteiger partial charge in [0.15, 0.2) is 0 Å². The van der Waals surface area contributed by atoms with E-state index in [0.717, 1.165) is 11.3 Å². The fraction of sp³-hybridized carbons (Fsp3) is 0.208. The number of carbonyl (C=O) groups excluding carboxylic acids is 1. The molecule has 0 radical (unpaired) electrons. The molecule has 5 heteroatoms. The predicted octanol–water partition coefficient (Wildman–Crippen LogP) is 5.66. The Morgan fingerprint density at radius 1 is 0.931 bits per heavy atom. The minimum absolute atomic E-state index is 0.0915. The Morgan fingerprint density at radius 3 is 2.28 bits per heavy atom. The van der Waals surface area contributed by atoms with Crippen LogP contribution < -0.4 is 14.8 Å². The van der Waals surface area contributed by atoms with Crippen LogP contribution in [-0.2, 0) is 11.3 Å². The van der Waals surface area contributed by atoms with Crippen LogP contribution in [0.15, 0.2) is 72.8 Å². The van der Waals surface area contributed by atoms with E-state index in [1.54, 1.807) is 25.3 Å². The molecular weight excluding hydrogens is 366 g/mol. The van der Waals surface area contributed by atoms with Gasteiger partial charge in [0.05, 0.1) is 19.8 Å². The quantitative estimate of drug-likeness (QED) is 0.538. The summed E-state index contributed by atoms with van der Waals surface area (Å²) < 4.78 is 16.8. The molecule has 0 atom stereocenters. The van der Waals surface area contributed by atoms with Gasteiger partial charge in [-0.05, 0) is 68.4 Å². The van der Waals surface area contributed by atoms with Gasteiger partial charge < -0.3 is 19.5 Å². The molecule has 3 aromatic rings. The summed E-state index contributed by atoms with van der Waals surface area (Å²) in [6.07, 6.45) is 0.0915. The number of para-hydroxylation sites is 1. The van der Waals surface area contributed by atoms with Crippen molar-refractivity contribution in [2.45, 2.75) is 26.6 Å². The molecule has 0 spiro atoms. The zero-order chi connectivity index (χ0) is 20.6. The van der Waals surface area contributed by atoms with Crippen LogP contribution >= 0.6 is 0 Å². The van der Waals surface area contributed by atoms with Gasteiger partial charge in [0.2, 0.25) is 0 Å². The highest BCUT2D eigenvalue weighted by atomic mass is 16.5. The summed E-state index contributed by atoms with van der Waals surface area (Å²) in [6, 6.07) is 22.1. The number of hydrogen-bond acceptors (Lipinski definition) is 4. The Kier molecular flexibility index (Phi) is 6.87. The first-order valence-electron chi connectivity index (χ1n) is 9.48. The van der Waals surface area contributed by atoms with Crippen molar-refractivity contribution in [2.75, 3.05) is 12.4 Å². The van der Waals surface area contributed by atoms with E-state index >= 15 is 0 Å². The Balaban J connectivity index is 1.67. The smallest absolute Gasteiger partial charge is 0.255 e. The molecule has 0 heterocycles. The predicted molar refractivity (Wildman–Crippen MR) is 114 cm³/mol. The lowest BCUT2D eigenvalue weighted by atomic mass is 10.1. The molecule has 0 aliphatic heterocycles. The molecule has 29 heavy (non-hydrogen) atoms. The summed E-state index contributed by atoms with van der Waals surface area (Å²) in [4.78, 5) is 12.7. The number of hydrogen-bond donors (Lipinski definition) is 1. The zero-order valence-corrected chi connectivity index (χ0v) is 16.8. The SMILES string of the molecule is COc1ccc(C(=O)Nc2ccc(Oc3ccccc3)cc2)cc1COC(C)C. The number of anilines is 1. The summed E-state index contributed by atoms with van der Waals surface area (Å²) in [5.41, 5.74) is 2.06. The maximum Gasteiger partial charge on any atom is 0.255 e. The van der Waals surface area contributed by atoms with E-state index < -0.39 is 0 Å². The first-order valence-corrected chi connectivity index (χ1v) is 9.48. The Bertz CT molecular complexity index is 937. The molecule has 0 fully saturated rings. The highest BCUT2D eigenvalue weighted by Gasteiger charge is 2.12. The number of benzene rings is 3. The highest BCUT2D eigenvalue weighted by molar-refractivity contribution is 6.04. The van der Waals surface area contributed by atoms with Crippen LogP contribution in [0.1, 0.15) is 29.8 Å². The van der Waals surface area contributed by atoms with Gasteiger partial charge in [-0.15, -0.1) is 0 Å². The van der Waals surface area contributed by atoms with Crippen LogP contribution in [0, 0.1) is 0 Å². The van der Waals surface area contributed by atoms with Gasteiger partial charge in [-0.2, -0.15) is 0 Å². The molecule has 0 bridgehead atoms. The molecule has 5 nitrogen and oxygen atoms in total. The Hall–Kier alpha value is -3.31. The molecule has 3 rings (SSSR count). The number of amides is 1. The van der Waals surface area contributed by atoms with Crippen molar-refractivity contribution in [2.24, 2.45) is 0 Å². The largest absolute Gasteiger partial charge is 0.496 e. The normalized spacial score (nSPS) is 10.6. The zero-order valence-electron chi connectivity index (χ0n) is 16.8. The van der Waals surface area contributed by atoms with Gasteiger partial charge >= 0.3 is 0 Å². The average molecular weight is 391 g/mol. The Labute approximate surface area is 171 Å². The van der Waals surface area contributed by atoms with Gasteiger partial charge in [-0.25, -0.2) is 0 Å². The van der Waals surface area contributed by atoms with Gasteiger partial charge in [0, 0.05) is 16.8 Å². The van der Waals surface area contributed by atoms with E-state index in [9.17, 15) is 4.79 Å². The third kappa shape index (κ3) is 5.83. The van der Waals surface area contributed by atoms with E-state index in [1.165, 1.54) is 0 Å². The fourth-order valence-electron chi connectivity index (χ4n) is 2.72. The molecule has 0 aliphatic carbocycles. The number of methoxy groups -OCH3 is 1. The van der Waals surface area contributed by atoms with Crippen molar-refractivity contribution in [3.8, 4) is 17.2 Å². The Morgan fingerprint density at radius 2 is 1.62 bits per heavy atom. The molecule has 0 aromatic heterocycles. The van der Waals surface area contributed by atoms with Crippen LogP contribution in [0.3, 0.4) is 0 Å². The average Bonchev–Trinajstić information content (AvgIpc) is 2.74. The maximum atomic E-state index is 12.7. The third-order valence-corrected chi connectivity index (χ3v) is 4.21. The van der Waals surface area contributed by atoms with Gasteiger partial charge in [-0.3, -0.25) is 4.79 Å². The van der Waals surface area contributed by atoms with E-state index in [2.05, 4.69) is 5.32 Å². The number of nitrogens with one attached hydrogen (secondary N) is 1. The maximum absolute atomic E-state index is 12.7. The summed E-state index contributed by atoms with van der Waals surface area (Å²) in [6.45, 7) is 4.32. The molecule has 0 saturated carbocycles. The topological polar surface area (TPSA) is 56.8 Å². The summed E-state index contributed by atoms with van der Waals surface area (Å²) in [5, 5.41) is 2.90. The van der Waals surface area contributed by atoms with Crippen molar-refractivity contribution < 1.29 is 19.0 Å². The molecule has 150 valence electrons.